The number of carbonyl (C=O) groups is 1. The SMILES string of the molecule is O=C(CSc1cccc(F)c1)Cc1ccc(O)cc1. The molecular formula is C15H13FO2S. The molecule has 0 saturated heterocycles. The molecule has 0 bridgehead atoms. The average molecular weight is 276 g/mol. The van der Waals surface area contributed by atoms with Gasteiger partial charge >= 0.3 is 0 Å². The maximum absolute atomic E-state index is 13.0. The highest BCUT2D eigenvalue weighted by molar-refractivity contribution is 8.00. The number of thioether (sulfide) groups is 1. The molecule has 2 aromatic carbocycles. The second kappa shape index (κ2) is 6.38. The first-order valence-corrected chi connectivity index (χ1v) is 6.80. The number of phenols is 1. The van der Waals surface area contributed by atoms with Crippen molar-refractivity contribution in [1.82, 2.24) is 0 Å². The van der Waals surface area contributed by atoms with Crippen molar-refractivity contribution in [3.8, 4) is 5.75 Å². The summed E-state index contributed by atoms with van der Waals surface area (Å²) in [6.07, 6.45) is 0.322. The molecule has 2 aromatic rings. The molecule has 0 aliphatic heterocycles. The van der Waals surface area contributed by atoms with Gasteiger partial charge in [0.1, 0.15) is 17.3 Å². The number of halogens is 1. The fourth-order valence-electron chi connectivity index (χ4n) is 1.61. The first kappa shape index (κ1) is 13.6. The van der Waals surface area contributed by atoms with Gasteiger partial charge in [0.25, 0.3) is 0 Å². The van der Waals surface area contributed by atoms with Crippen LogP contribution in [0.4, 0.5) is 4.39 Å². The van der Waals surface area contributed by atoms with Crippen LogP contribution in [0.5, 0.6) is 5.75 Å². The number of ketones is 1. The van der Waals surface area contributed by atoms with E-state index in [1.807, 2.05) is 0 Å². The molecule has 0 saturated carbocycles. The zero-order valence-electron chi connectivity index (χ0n) is 10.2. The Balaban J connectivity index is 1.86. The molecule has 4 heteroatoms. The molecule has 19 heavy (non-hydrogen) atoms. The number of hydrogen-bond donors (Lipinski definition) is 1. The number of phenolic OH excluding ortho intramolecular Hbond substituents is 1. The summed E-state index contributed by atoms with van der Waals surface area (Å²) in [5, 5.41) is 9.14. The van der Waals surface area contributed by atoms with E-state index in [9.17, 15) is 9.18 Å². The Kier molecular flexibility index (Phi) is 4.58. The van der Waals surface area contributed by atoms with Crippen LogP contribution in [-0.2, 0) is 11.2 Å². The van der Waals surface area contributed by atoms with Crippen LogP contribution < -0.4 is 0 Å². The minimum absolute atomic E-state index is 0.0694. The van der Waals surface area contributed by atoms with Gasteiger partial charge in [0, 0.05) is 11.3 Å². The monoisotopic (exact) mass is 276 g/mol. The van der Waals surface area contributed by atoms with Gasteiger partial charge in [0.2, 0.25) is 0 Å². The molecular weight excluding hydrogens is 263 g/mol. The predicted octanol–water partition coefficient (Wildman–Crippen LogP) is 3.44. The number of hydrogen-bond acceptors (Lipinski definition) is 3. The summed E-state index contributed by atoms with van der Waals surface area (Å²) in [4.78, 5) is 12.5. The van der Waals surface area contributed by atoms with Crippen molar-refractivity contribution < 1.29 is 14.3 Å². The lowest BCUT2D eigenvalue weighted by Crippen LogP contribution is -2.05. The van der Waals surface area contributed by atoms with Gasteiger partial charge in [0.05, 0.1) is 5.75 Å². The minimum atomic E-state index is -0.295. The number of aromatic hydroxyl groups is 1. The standard InChI is InChI=1S/C15H13FO2S/c16-12-2-1-3-15(9-12)19-10-14(18)8-11-4-6-13(17)7-5-11/h1-7,9,17H,8,10H2. The van der Waals surface area contributed by atoms with Gasteiger partial charge in [-0.2, -0.15) is 0 Å². The average Bonchev–Trinajstić information content (AvgIpc) is 2.39. The molecule has 0 radical (unpaired) electrons. The zero-order chi connectivity index (χ0) is 13.7. The Morgan fingerprint density at radius 2 is 1.89 bits per heavy atom. The minimum Gasteiger partial charge on any atom is -0.508 e. The first-order valence-electron chi connectivity index (χ1n) is 5.81. The Morgan fingerprint density at radius 1 is 1.16 bits per heavy atom. The summed E-state index contributed by atoms with van der Waals surface area (Å²) in [5.74, 6) is 0.269. The number of carbonyl (C=O) groups excluding carboxylic acids is 1. The van der Waals surface area contributed by atoms with Crippen LogP contribution in [0, 0.1) is 5.82 Å². The quantitative estimate of drug-likeness (QED) is 0.850. The molecule has 0 atom stereocenters. The second-order valence-corrected chi connectivity index (χ2v) is 5.18. The number of rotatable bonds is 5. The van der Waals surface area contributed by atoms with Crippen molar-refractivity contribution in [2.24, 2.45) is 0 Å². The summed E-state index contributed by atoms with van der Waals surface area (Å²) >= 11 is 1.33. The van der Waals surface area contributed by atoms with Crippen molar-refractivity contribution >= 4 is 17.5 Å². The van der Waals surface area contributed by atoms with Crippen LogP contribution in [0.1, 0.15) is 5.56 Å². The lowest BCUT2D eigenvalue weighted by atomic mass is 10.1. The van der Waals surface area contributed by atoms with E-state index < -0.39 is 0 Å². The van der Waals surface area contributed by atoms with Gasteiger partial charge in [-0.1, -0.05) is 18.2 Å². The molecule has 0 spiro atoms. The van der Waals surface area contributed by atoms with Crippen LogP contribution in [0.15, 0.2) is 53.4 Å². The Labute approximate surface area is 115 Å². The van der Waals surface area contributed by atoms with E-state index in [1.165, 1.54) is 23.9 Å². The molecule has 98 valence electrons. The molecule has 0 heterocycles. The van der Waals surface area contributed by atoms with E-state index in [-0.39, 0.29) is 17.3 Å². The van der Waals surface area contributed by atoms with Crippen molar-refractivity contribution in [2.45, 2.75) is 11.3 Å². The largest absolute Gasteiger partial charge is 0.508 e. The highest BCUT2D eigenvalue weighted by atomic mass is 32.2. The molecule has 0 fully saturated rings. The molecule has 1 N–H and O–H groups in total. The van der Waals surface area contributed by atoms with Crippen molar-refractivity contribution in [3.05, 3.63) is 59.9 Å². The highest BCUT2D eigenvalue weighted by Crippen LogP contribution is 2.19. The smallest absolute Gasteiger partial charge is 0.147 e. The number of Topliss-reactive ketones (excluding diaryl/α,β-unsaturated/α-hetero) is 1. The molecule has 0 aliphatic carbocycles. The normalized spacial score (nSPS) is 10.4. The Hall–Kier alpha value is -1.81. The van der Waals surface area contributed by atoms with Crippen molar-refractivity contribution in [2.75, 3.05) is 5.75 Å². The Morgan fingerprint density at radius 3 is 2.58 bits per heavy atom. The molecule has 0 aromatic heterocycles. The van der Waals surface area contributed by atoms with E-state index in [0.29, 0.717) is 12.2 Å². The maximum atomic E-state index is 13.0. The number of benzene rings is 2. The third-order valence-electron chi connectivity index (χ3n) is 2.53. The van der Waals surface area contributed by atoms with Gasteiger partial charge in [-0.05, 0) is 35.9 Å². The van der Waals surface area contributed by atoms with Crippen LogP contribution in [0.2, 0.25) is 0 Å². The summed E-state index contributed by atoms with van der Waals surface area (Å²) in [7, 11) is 0. The van der Waals surface area contributed by atoms with Gasteiger partial charge < -0.3 is 5.11 Å². The highest BCUT2D eigenvalue weighted by Gasteiger charge is 2.05. The Bertz CT molecular complexity index is 567. The van der Waals surface area contributed by atoms with E-state index in [0.717, 1.165) is 10.5 Å². The molecule has 2 rings (SSSR count). The van der Waals surface area contributed by atoms with Gasteiger partial charge in [0.15, 0.2) is 0 Å². The zero-order valence-corrected chi connectivity index (χ0v) is 11.0. The van der Waals surface area contributed by atoms with E-state index >= 15 is 0 Å². The summed E-state index contributed by atoms with van der Waals surface area (Å²) < 4.78 is 13.0. The van der Waals surface area contributed by atoms with Crippen LogP contribution >= 0.6 is 11.8 Å². The molecule has 2 nitrogen and oxygen atoms in total. The maximum Gasteiger partial charge on any atom is 0.147 e. The third kappa shape index (κ3) is 4.41. The third-order valence-corrected chi connectivity index (χ3v) is 3.59. The first-order chi connectivity index (χ1) is 9.13. The lowest BCUT2D eigenvalue weighted by molar-refractivity contribution is -0.116. The van der Waals surface area contributed by atoms with Crippen LogP contribution in [0.3, 0.4) is 0 Å². The van der Waals surface area contributed by atoms with E-state index in [1.54, 1.807) is 36.4 Å². The van der Waals surface area contributed by atoms with Crippen molar-refractivity contribution in [1.29, 1.82) is 0 Å². The fourth-order valence-corrected chi connectivity index (χ4v) is 2.41. The van der Waals surface area contributed by atoms with Gasteiger partial charge in [-0.3, -0.25) is 4.79 Å². The fraction of sp³-hybridized carbons (Fsp3) is 0.133. The van der Waals surface area contributed by atoms with Gasteiger partial charge in [-0.15, -0.1) is 11.8 Å². The van der Waals surface area contributed by atoms with Crippen molar-refractivity contribution in [3.63, 3.8) is 0 Å². The predicted molar refractivity (Wildman–Crippen MR) is 73.9 cm³/mol. The van der Waals surface area contributed by atoms with Crippen LogP contribution in [0.25, 0.3) is 0 Å². The lowest BCUT2D eigenvalue weighted by Gasteiger charge is -2.02. The summed E-state index contributed by atoms with van der Waals surface area (Å²) in [5.41, 5.74) is 0.864. The summed E-state index contributed by atoms with van der Waals surface area (Å²) in [6.45, 7) is 0. The second-order valence-electron chi connectivity index (χ2n) is 4.13. The van der Waals surface area contributed by atoms with E-state index in [4.69, 9.17) is 5.11 Å². The molecule has 0 amide bonds. The van der Waals surface area contributed by atoms with Crippen LogP contribution in [-0.4, -0.2) is 16.6 Å². The van der Waals surface area contributed by atoms with Gasteiger partial charge in [-0.25, -0.2) is 4.39 Å². The topological polar surface area (TPSA) is 37.3 Å². The summed E-state index contributed by atoms with van der Waals surface area (Å²) in [6, 6.07) is 12.8. The van der Waals surface area contributed by atoms with E-state index in [2.05, 4.69) is 0 Å². The molecule has 0 unspecified atom stereocenters. The molecule has 0 aliphatic rings.